The van der Waals surface area contributed by atoms with Crippen LogP contribution in [0.5, 0.6) is 0 Å². The van der Waals surface area contributed by atoms with Crippen molar-refractivity contribution in [1.82, 2.24) is 14.7 Å². The number of halogens is 1. The monoisotopic (exact) mass is 377 g/mol. The number of carbonyl (C=O) groups is 2. The lowest BCUT2D eigenvalue weighted by molar-refractivity contribution is -0.141. The first-order valence-electron chi connectivity index (χ1n) is 7.33. The molecule has 0 saturated carbocycles. The van der Waals surface area contributed by atoms with Crippen LogP contribution in [0.3, 0.4) is 0 Å². The van der Waals surface area contributed by atoms with E-state index in [0.717, 1.165) is 10.2 Å². The maximum absolute atomic E-state index is 12.7. The minimum Gasteiger partial charge on any atom is -0.480 e. The van der Waals surface area contributed by atoms with Gasteiger partial charge in [-0.25, -0.2) is 9.48 Å². The van der Waals surface area contributed by atoms with Crippen molar-refractivity contribution in [1.29, 1.82) is 0 Å². The van der Waals surface area contributed by atoms with Crippen molar-refractivity contribution in [3.63, 3.8) is 0 Å². The number of carbonyl (C=O) groups excluding carboxylic acids is 1. The van der Waals surface area contributed by atoms with E-state index in [0.29, 0.717) is 30.6 Å². The van der Waals surface area contributed by atoms with Gasteiger partial charge < -0.3 is 10.0 Å². The third kappa shape index (κ3) is 2.88. The first-order valence-corrected chi connectivity index (χ1v) is 8.12. The van der Waals surface area contributed by atoms with E-state index in [4.69, 9.17) is 0 Å². The normalized spacial score (nSPS) is 17.5. The van der Waals surface area contributed by atoms with Crippen molar-refractivity contribution < 1.29 is 14.7 Å². The summed E-state index contributed by atoms with van der Waals surface area (Å²) in [6.07, 6.45) is 2.72. The Kier molecular flexibility index (Phi) is 4.21. The van der Waals surface area contributed by atoms with Crippen molar-refractivity contribution in [2.45, 2.75) is 25.8 Å². The Bertz CT molecular complexity index is 772. The largest absolute Gasteiger partial charge is 0.480 e. The Morgan fingerprint density at radius 2 is 2.17 bits per heavy atom. The van der Waals surface area contributed by atoms with Crippen molar-refractivity contribution in [3.8, 4) is 5.69 Å². The molecule has 1 aromatic carbocycles. The maximum Gasteiger partial charge on any atom is 0.326 e. The summed E-state index contributed by atoms with van der Waals surface area (Å²) in [6.45, 7) is 2.28. The summed E-state index contributed by atoms with van der Waals surface area (Å²) >= 11 is 3.42. The zero-order chi connectivity index (χ0) is 16.6. The van der Waals surface area contributed by atoms with E-state index in [1.54, 1.807) is 4.68 Å². The van der Waals surface area contributed by atoms with Crippen LogP contribution in [0.15, 0.2) is 34.9 Å². The van der Waals surface area contributed by atoms with Crippen LogP contribution in [0.25, 0.3) is 5.69 Å². The highest BCUT2D eigenvalue weighted by atomic mass is 79.9. The van der Waals surface area contributed by atoms with Gasteiger partial charge in [-0.05, 0) is 38.0 Å². The standard InChI is InChI=1S/C16H16BrN3O3/c1-10-13(15(21)19-7-3-6-14(19)16(22)23)9-18-20(10)12-5-2-4-11(17)8-12/h2,4-5,8-9,14H,3,6-7H2,1H3,(H,22,23)/t14-/m1/s1. The highest BCUT2D eigenvalue weighted by Crippen LogP contribution is 2.23. The van der Waals surface area contributed by atoms with Gasteiger partial charge >= 0.3 is 5.97 Å². The highest BCUT2D eigenvalue weighted by Gasteiger charge is 2.35. The molecule has 1 aliphatic heterocycles. The molecule has 0 bridgehead atoms. The van der Waals surface area contributed by atoms with Gasteiger partial charge in [0.05, 0.1) is 23.1 Å². The topological polar surface area (TPSA) is 75.4 Å². The molecule has 0 spiro atoms. The third-order valence-electron chi connectivity index (χ3n) is 4.09. The van der Waals surface area contributed by atoms with Crippen LogP contribution < -0.4 is 0 Å². The number of benzene rings is 1. The van der Waals surface area contributed by atoms with Crippen LogP contribution in [-0.4, -0.2) is 44.3 Å². The summed E-state index contributed by atoms with van der Waals surface area (Å²) in [7, 11) is 0. The number of nitrogens with zero attached hydrogens (tertiary/aromatic N) is 3. The second-order valence-corrected chi connectivity index (χ2v) is 6.45. The summed E-state index contributed by atoms with van der Waals surface area (Å²) in [5.41, 5.74) is 1.98. The number of rotatable bonds is 3. The summed E-state index contributed by atoms with van der Waals surface area (Å²) in [5.74, 6) is -1.22. The van der Waals surface area contributed by atoms with Gasteiger partial charge in [0.25, 0.3) is 5.91 Å². The molecule has 1 N–H and O–H groups in total. The molecule has 3 rings (SSSR count). The van der Waals surface area contributed by atoms with Gasteiger partial charge in [0.2, 0.25) is 0 Å². The highest BCUT2D eigenvalue weighted by molar-refractivity contribution is 9.10. The predicted molar refractivity (Wildman–Crippen MR) is 87.7 cm³/mol. The van der Waals surface area contributed by atoms with Gasteiger partial charge in [-0.1, -0.05) is 22.0 Å². The smallest absolute Gasteiger partial charge is 0.326 e. The molecule has 1 fully saturated rings. The molecule has 0 unspecified atom stereocenters. The number of hydrogen-bond acceptors (Lipinski definition) is 3. The van der Waals surface area contributed by atoms with E-state index in [1.165, 1.54) is 11.1 Å². The SMILES string of the molecule is Cc1c(C(=O)N2CCC[C@@H]2C(=O)O)cnn1-c1cccc(Br)c1. The van der Waals surface area contributed by atoms with E-state index < -0.39 is 12.0 Å². The molecule has 6 nitrogen and oxygen atoms in total. The first kappa shape index (κ1) is 15.7. The number of aromatic nitrogens is 2. The van der Waals surface area contributed by atoms with Gasteiger partial charge in [0.1, 0.15) is 6.04 Å². The van der Waals surface area contributed by atoms with Crippen LogP contribution >= 0.6 is 15.9 Å². The zero-order valence-electron chi connectivity index (χ0n) is 12.6. The van der Waals surface area contributed by atoms with E-state index in [9.17, 15) is 14.7 Å². The van der Waals surface area contributed by atoms with Crippen LogP contribution in [0.2, 0.25) is 0 Å². The molecule has 2 heterocycles. The average Bonchev–Trinajstić information content (AvgIpc) is 3.13. The van der Waals surface area contributed by atoms with Gasteiger partial charge in [-0.15, -0.1) is 0 Å². The fourth-order valence-corrected chi connectivity index (χ4v) is 3.30. The molecule has 1 aromatic heterocycles. The predicted octanol–water partition coefficient (Wildman–Crippen LogP) is 2.63. The van der Waals surface area contributed by atoms with Gasteiger partial charge in [0.15, 0.2) is 0 Å². The molecule has 2 aromatic rings. The molecule has 1 amide bonds. The lowest BCUT2D eigenvalue weighted by Gasteiger charge is -2.21. The zero-order valence-corrected chi connectivity index (χ0v) is 14.2. The van der Waals surface area contributed by atoms with Gasteiger partial charge in [0, 0.05) is 11.0 Å². The van der Waals surface area contributed by atoms with E-state index in [1.807, 2.05) is 31.2 Å². The number of likely N-dealkylation sites (tertiary alicyclic amines) is 1. The van der Waals surface area contributed by atoms with E-state index in [2.05, 4.69) is 21.0 Å². The lowest BCUT2D eigenvalue weighted by Crippen LogP contribution is -2.40. The second kappa shape index (κ2) is 6.16. The molecule has 1 atom stereocenters. The van der Waals surface area contributed by atoms with E-state index in [-0.39, 0.29) is 5.91 Å². The maximum atomic E-state index is 12.7. The van der Waals surface area contributed by atoms with Crippen molar-refractivity contribution in [2.24, 2.45) is 0 Å². The first-order chi connectivity index (χ1) is 11.0. The lowest BCUT2D eigenvalue weighted by atomic mass is 10.2. The number of aliphatic carboxylic acids is 1. The minimum atomic E-state index is -0.951. The second-order valence-electron chi connectivity index (χ2n) is 5.53. The summed E-state index contributed by atoms with van der Waals surface area (Å²) in [5, 5.41) is 13.5. The van der Waals surface area contributed by atoms with Crippen molar-refractivity contribution in [3.05, 3.63) is 46.2 Å². The number of amides is 1. The number of carboxylic acid groups (broad SMARTS) is 1. The Balaban J connectivity index is 1.93. The Morgan fingerprint density at radius 1 is 1.39 bits per heavy atom. The Hall–Kier alpha value is -2.15. The Labute approximate surface area is 141 Å². The third-order valence-corrected chi connectivity index (χ3v) is 4.58. The van der Waals surface area contributed by atoms with Crippen LogP contribution in [-0.2, 0) is 4.79 Å². The molecular weight excluding hydrogens is 362 g/mol. The Morgan fingerprint density at radius 3 is 2.87 bits per heavy atom. The molecule has 7 heteroatoms. The van der Waals surface area contributed by atoms with Crippen molar-refractivity contribution in [2.75, 3.05) is 6.54 Å². The fourth-order valence-electron chi connectivity index (χ4n) is 2.91. The number of carboxylic acids is 1. The van der Waals surface area contributed by atoms with Crippen LogP contribution in [0, 0.1) is 6.92 Å². The molecule has 1 aliphatic rings. The van der Waals surface area contributed by atoms with Crippen molar-refractivity contribution >= 4 is 27.8 Å². The van der Waals surface area contributed by atoms with Gasteiger partial charge in [-0.2, -0.15) is 5.10 Å². The molecule has 120 valence electrons. The molecule has 0 radical (unpaired) electrons. The van der Waals surface area contributed by atoms with Crippen LogP contribution in [0.1, 0.15) is 28.9 Å². The average molecular weight is 378 g/mol. The fraction of sp³-hybridized carbons (Fsp3) is 0.312. The van der Waals surface area contributed by atoms with E-state index >= 15 is 0 Å². The summed E-state index contributed by atoms with van der Waals surface area (Å²) < 4.78 is 2.60. The minimum absolute atomic E-state index is 0.270. The van der Waals surface area contributed by atoms with Gasteiger partial charge in [-0.3, -0.25) is 4.79 Å². The summed E-state index contributed by atoms with van der Waals surface area (Å²) in [4.78, 5) is 25.4. The molecule has 0 aliphatic carbocycles. The molecule has 23 heavy (non-hydrogen) atoms. The summed E-state index contributed by atoms with van der Waals surface area (Å²) in [6, 6.07) is 6.87. The molecular formula is C16H16BrN3O3. The quantitative estimate of drug-likeness (QED) is 0.891. The number of hydrogen-bond donors (Lipinski definition) is 1. The molecule has 1 saturated heterocycles. The van der Waals surface area contributed by atoms with Crippen LogP contribution in [0.4, 0.5) is 0 Å².